The molecule has 0 unspecified atom stereocenters. The Hall–Kier alpha value is -0.650. The molecule has 0 amide bonds. The van der Waals surface area contributed by atoms with Gasteiger partial charge in [0, 0.05) is 13.0 Å². The lowest BCUT2D eigenvalue weighted by molar-refractivity contribution is -0.137. The number of rotatable bonds is 8. The van der Waals surface area contributed by atoms with Gasteiger partial charge in [0.05, 0.1) is 19.8 Å². The average Bonchev–Trinajstić information content (AvgIpc) is 2.33. The molecule has 0 aliphatic carbocycles. The molecule has 0 radical (unpaired) electrons. The van der Waals surface area contributed by atoms with Gasteiger partial charge in [0.25, 0.3) is 0 Å². The van der Waals surface area contributed by atoms with Gasteiger partial charge in [-0.15, -0.1) is 0 Å². The lowest BCUT2D eigenvalue weighted by Crippen LogP contribution is -2.36. The van der Waals surface area contributed by atoms with Gasteiger partial charge in [-0.2, -0.15) is 0 Å². The summed E-state index contributed by atoms with van der Waals surface area (Å²) in [6.45, 7) is 4.14. The molecule has 1 aliphatic heterocycles. The summed E-state index contributed by atoms with van der Waals surface area (Å²) in [5, 5.41) is 17.2. The molecule has 5 nitrogen and oxygen atoms in total. The molecule has 0 spiro atoms. The number of hydrogen-bond acceptors (Lipinski definition) is 4. The zero-order chi connectivity index (χ0) is 12.5. The number of carbonyl (C=O) groups is 1. The van der Waals surface area contributed by atoms with Crippen LogP contribution in [-0.2, 0) is 9.53 Å². The summed E-state index contributed by atoms with van der Waals surface area (Å²) in [7, 11) is 0. The van der Waals surface area contributed by atoms with Gasteiger partial charge in [-0.05, 0) is 38.3 Å². The Morgan fingerprint density at radius 1 is 1.29 bits per heavy atom. The number of aliphatic carboxylic acids is 1. The highest BCUT2D eigenvalue weighted by Gasteiger charge is 2.19. The van der Waals surface area contributed by atoms with Crippen LogP contribution in [0, 0.1) is 5.92 Å². The third-order valence-corrected chi connectivity index (χ3v) is 3.26. The molecule has 2 N–H and O–H groups in total. The lowest BCUT2D eigenvalue weighted by Gasteiger charge is -2.31. The fraction of sp³-hybridized carbons (Fsp3) is 0.917. The first kappa shape index (κ1) is 14.4. The van der Waals surface area contributed by atoms with Crippen LogP contribution < -0.4 is 0 Å². The summed E-state index contributed by atoms with van der Waals surface area (Å²) in [6.07, 6.45) is 3.29. The predicted octanol–water partition coefficient (Wildman–Crippen LogP) is 0.572. The Bertz CT molecular complexity index is 215. The minimum absolute atomic E-state index is 0.0806. The summed E-state index contributed by atoms with van der Waals surface area (Å²) in [6, 6.07) is 0. The second-order valence-corrected chi connectivity index (χ2v) is 4.55. The van der Waals surface area contributed by atoms with E-state index in [1.807, 2.05) is 0 Å². The number of carboxylic acid groups (broad SMARTS) is 1. The molecule has 17 heavy (non-hydrogen) atoms. The standard InChI is InChI=1S/C12H23NO4/c14-8-10-17-9-7-13-5-3-11(4-6-13)1-2-12(15)16/h11,14H,1-10H2,(H,15,16). The van der Waals surface area contributed by atoms with E-state index >= 15 is 0 Å². The van der Waals surface area contributed by atoms with Crippen molar-refractivity contribution in [2.24, 2.45) is 5.92 Å². The van der Waals surface area contributed by atoms with Crippen LogP contribution in [0.25, 0.3) is 0 Å². The Morgan fingerprint density at radius 2 is 2.00 bits per heavy atom. The van der Waals surface area contributed by atoms with Gasteiger partial charge in [-0.3, -0.25) is 4.79 Å². The average molecular weight is 245 g/mol. The molecule has 1 saturated heterocycles. The largest absolute Gasteiger partial charge is 0.481 e. The van der Waals surface area contributed by atoms with Crippen molar-refractivity contribution in [3.63, 3.8) is 0 Å². The van der Waals surface area contributed by atoms with E-state index in [0.717, 1.165) is 38.9 Å². The number of ether oxygens (including phenoxy) is 1. The Morgan fingerprint density at radius 3 is 2.59 bits per heavy atom. The van der Waals surface area contributed by atoms with E-state index in [1.165, 1.54) is 0 Å². The van der Waals surface area contributed by atoms with Crippen LogP contribution in [0.2, 0.25) is 0 Å². The van der Waals surface area contributed by atoms with Crippen molar-refractivity contribution in [2.45, 2.75) is 25.7 Å². The summed E-state index contributed by atoms with van der Waals surface area (Å²) >= 11 is 0. The summed E-state index contributed by atoms with van der Waals surface area (Å²) in [5.74, 6) is -0.120. The molecule has 1 aliphatic rings. The predicted molar refractivity (Wildman–Crippen MR) is 63.9 cm³/mol. The van der Waals surface area contributed by atoms with E-state index in [2.05, 4.69) is 4.90 Å². The molecule has 5 heteroatoms. The van der Waals surface area contributed by atoms with E-state index in [4.69, 9.17) is 14.9 Å². The van der Waals surface area contributed by atoms with Gasteiger partial charge in [0.2, 0.25) is 0 Å². The zero-order valence-electron chi connectivity index (χ0n) is 10.3. The smallest absolute Gasteiger partial charge is 0.303 e. The van der Waals surface area contributed by atoms with Crippen molar-refractivity contribution < 1.29 is 19.7 Å². The third kappa shape index (κ3) is 6.61. The van der Waals surface area contributed by atoms with Gasteiger partial charge in [-0.25, -0.2) is 0 Å². The van der Waals surface area contributed by atoms with E-state index < -0.39 is 5.97 Å². The number of aliphatic hydroxyl groups excluding tert-OH is 1. The van der Waals surface area contributed by atoms with Crippen LogP contribution in [0.4, 0.5) is 0 Å². The van der Waals surface area contributed by atoms with Crippen LogP contribution in [0.3, 0.4) is 0 Å². The second-order valence-electron chi connectivity index (χ2n) is 4.55. The fourth-order valence-electron chi connectivity index (χ4n) is 2.19. The van der Waals surface area contributed by atoms with Crippen LogP contribution in [0.15, 0.2) is 0 Å². The van der Waals surface area contributed by atoms with Gasteiger partial charge >= 0.3 is 5.97 Å². The molecule has 0 aromatic rings. The molecule has 0 aromatic heterocycles. The quantitative estimate of drug-likeness (QED) is 0.612. The van der Waals surface area contributed by atoms with E-state index in [1.54, 1.807) is 0 Å². The topological polar surface area (TPSA) is 70.0 Å². The second kappa shape index (κ2) is 8.44. The van der Waals surface area contributed by atoms with Gasteiger partial charge in [0.15, 0.2) is 0 Å². The Balaban J connectivity index is 2.03. The van der Waals surface area contributed by atoms with Crippen LogP contribution in [0.5, 0.6) is 0 Å². The molecule has 0 atom stereocenters. The highest BCUT2D eigenvalue weighted by atomic mass is 16.5. The monoisotopic (exact) mass is 245 g/mol. The van der Waals surface area contributed by atoms with Crippen molar-refractivity contribution in [1.82, 2.24) is 4.90 Å². The molecule has 1 fully saturated rings. The zero-order valence-corrected chi connectivity index (χ0v) is 10.3. The first-order chi connectivity index (χ1) is 8.22. The van der Waals surface area contributed by atoms with Crippen LogP contribution in [0.1, 0.15) is 25.7 Å². The molecule has 1 rings (SSSR count). The summed E-state index contributed by atoms with van der Waals surface area (Å²) in [4.78, 5) is 12.8. The van der Waals surface area contributed by atoms with Crippen molar-refractivity contribution in [3.8, 4) is 0 Å². The number of hydrogen-bond donors (Lipinski definition) is 2. The summed E-state index contributed by atoms with van der Waals surface area (Å²) in [5.41, 5.74) is 0. The first-order valence-electron chi connectivity index (χ1n) is 6.35. The number of carboxylic acids is 1. The van der Waals surface area contributed by atoms with E-state index in [9.17, 15) is 4.79 Å². The van der Waals surface area contributed by atoms with Crippen molar-refractivity contribution in [1.29, 1.82) is 0 Å². The number of piperidine rings is 1. The minimum atomic E-state index is -0.690. The molecular weight excluding hydrogens is 222 g/mol. The fourth-order valence-corrected chi connectivity index (χ4v) is 2.19. The summed E-state index contributed by atoms with van der Waals surface area (Å²) < 4.78 is 5.22. The molecule has 0 saturated carbocycles. The van der Waals surface area contributed by atoms with Crippen LogP contribution in [-0.4, -0.2) is 60.5 Å². The number of aliphatic hydroxyl groups is 1. The lowest BCUT2D eigenvalue weighted by atomic mass is 9.92. The SMILES string of the molecule is O=C(O)CCC1CCN(CCOCCO)CC1. The maximum Gasteiger partial charge on any atom is 0.303 e. The molecular formula is C12H23NO4. The Kier molecular flexibility index (Phi) is 7.16. The van der Waals surface area contributed by atoms with Crippen LogP contribution >= 0.6 is 0 Å². The van der Waals surface area contributed by atoms with E-state index in [-0.39, 0.29) is 6.61 Å². The van der Waals surface area contributed by atoms with Gasteiger partial charge in [-0.1, -0.05) is 0 Å². The highest BCUT2D eigenvalue weighted by molar-refractivity contribution is 5.66. The molecule has 1 heterocycles. The number of nitrogens with zero attached hydrogens (tertiary/aromatic N) is 1. The first-order valence-corrected chi connectivity index (χ1v) is 6.35. The number of likely N-dealkylation sites (tertiary alicyclic amines) is 1. The minimum Gasteiger partial charge on any atom is -0.481 e. The van der Waals surface area contributed by atoms with E-state index in [0.29, 0.717) is 25.6 Å². The van der Waals surface area contributed by atoms with Gasteiger partial charge < -0.3 is 19.8 Å². The van der Waals surface area contributed by atoms with Gasteiger partial charge in [0.1, 0.15) is 0 Å². The molecule has 0 aromatic carbocycles. The van der Waals surface area contributed by atoms with Crippen molar-refractivity contribution in [3.05, 3.63) is 0 Å². The normalized spacial score (nSPS) is 18.4. The third-order valence-electron chi connectivity index (χ3n) is 3.26. The Labute approximate surface area is 102 Å². The molecule has 0 bridgehead atoms. The molecule has 100 valence electrons. The van der Waals surface area contributed by atoms with Crippen molar-refractivity contribution >= 4 is 5.97 Å². The highest BCUT2D eigenvalue weighted by Crippen LogP contribution is 2.21. The maximum absolute atomic E-state index is 10.5. The van der Waals surface area contributed by atoms with Crippen molar-refractivity contribution in [2.75, 3.05) is 39.5 Å². The maximum atomic E-state index is 10.5.